The van der Waals surface area contributed by atoms with Gasteiger partial charge in [-0.1, -0.05) is 43.3 Å². The predicted molar refractivity (Wildman–Crippen MR) is 116 cm³/mol. The van der Waals surface area contributed by atoms with E-state index >= 15 is 0 Å². The monoisotopic (exact) mass is 422 g/mol. The number of carbonyl (C=O) groups excluding carboxylic acids is 2. The van der Waals surface area contributed by atoms with E-state index in [4.69, 9.17) is 0 Å². The van der Waals surface area contributed by atoms with Gasteiger partial charge >= 0.3 is 0 Å². The van der Waals surface area contributed by atoms with Crippen molar-refractivity contribution in [2.75, 3.05) is 6.54 Å². The molecule has 0 saturated carbocycles. The van der Waals surface area contributed by atoms with Crippen LogP contribution in [-0.2, 0) is 22.6 Å². The molecule has 4 rings (SSSR count). The smallest absolute Gasteiger partial charge is 0.250 e. The van der Waals surface area contributed by atoms with E-state index in [9.17, 15) is 14.0 Å². The molecule has 2 aliphatic heterocycles. The Labute approximate surface area is 181 Å². The molecule has 2 aromatic carbocycles. The summed E-state index contributed by atoms with van der Waals surface area (Å²) in [5.74, 6) is -0.405. The number of hydrogen-bond acceptors (Lipinski definition) is 4. The molecular weight excluding hydrogens is 395 g/mol. The molecule has 0 aliphatic carbocycles. The van der Waals surface area contributed by atoms with Crippen LogP contribution in [0.2, 0.25) is 0 Å². The Hall–Kier alpha value is -3.19. The van der Waals surface area contributed by atoms with Gasteiger partial charge in [0.05, 0.1) is 6.04 Å². The van der Waals surface area contributed by atoms with Crippen LogP contribution in [-0.4, -0.2) is 34.3 Å². The average molecular weight is 423 g/mol. The van der Waals surface area contributed by atoms with Crippen LogP contribution in [0.15, 0.2) is 60.9 Å². The second-order valence-electron chi connectivity index (χ2n) is 7.92. The number of nitrogens with one attached hydrogen (secondary N) is 2. The Kier molecular flexibility index (Phi) is 6.32. The maximum absolute atomic E-state index is 13.2. The summed E-state index contributed by atoms with van der Waals surface area (Å²) in [6, 6.07) is 14.1. The lowest BCUT2D eigenvalue weighted by molar-refractivity contribution is -0.134. The number of aryl methyl sites for hydroxylation is 1. The second kappa shape index (κ2) is 9.31. The van der Waals surface area contributed by atoms with E-state index in [2.05, 4.69) is 29.8 Å². The lowest BCUT2D eigenvalue weighted by atomic mass is 10.0. The van der Waals surface area contributed by atoms with E-state index in [-0.39, 0.29) is 36.1 Å². The number of nitrogens with zero attached hydrogens (tertiary/aromatic N) is 2. The number of benzene rings is 2. The van der Waals surface area contributed by atoms with Crippen molar-refractivity contribution in [3.8, 4) is 0 Å². The lowest BCUT2D eigenvalue weighted by Gasteiger charge is -2.31. The normalized spacial score (nSPS) is 20.1. The van der Waals surface area contributed by atoms with Crippen molar-refractivity contribution in [3.63, 3.8) is 0 Å². The summed E-state index contributed by atoms with van der Waals surface area (Å²) >= 11 is 0. The molecule has 7 heteroatoms. The van der Waals surface area contributed by atoms with Gasteiger partial charge in [0.15, 0.2) is 0 Å². The third-order valence-electron chi connectivity index (χ3n) is 5.85. The van der Waals surface area contributed by atoms with E-state index < -0.39 is 0 Å². The molecule has 2 aromatic rings. The van der Waals surface area contributed by atoms with Crippen molar-refractivity contribution in [2.24, 2.45) is 0 Å². The van der Waals surface area contributed by atoms with Gasteiger partial charge in [0, 0.05) is 31.9 Å². The van der Waals surface area contributed by atoms with Crippen LogP contribution in [0, 0.1) is 5.82 Å². The number of amides is 2. The summed E-state index contributed by atoms with van der Waals surface area (Å²) in [4.78, 5) is 26.7. The van der Waals surface area contributed by atoms with Gasteiger partial charge < -0.3 is 15.2 Å². The van der Waals surface area contributed by atoms with Gasteiger partial charge in [0.25, 0.3) is 5.91 Å². The fourth-order valence-electron chi connectivity index (χ4n) is 3.94. The standard InChI is InChI=1S/C24H27FN4O2/c1-2-17-3-5-18(6-4-17)16-26-23(30)11-12-28-13-14-29-22(24(28)31)15-21(27-29)19-7-9-20(25)10-8-19/h3-10,13-14,21-22,27H,2,11-12,15-16H2,1H3,(H,26,30). The van der Waals surface area contributed by atoms with Gasteiger partial charge in [-0.3, -0.25) is 9.59 Å². The van der Waals surface area contributed by atoms with Crippen LogP contribution >= 0.6 is 0 Å². The number of fused-ring (bicyclic) bond motifs is 1. The van der Waals surface area contributed by atoms with E-state index in [1.54, 1.807) is 28.2 Å². The van der Waals surface area contributed by atoms with Gasteiger partial charge in [0.1, 0.15) is 11.9 Å². The Bertz CT molecular complexity index is 959. The molecule has 31 heavy (non-hydrogen) atoms. The quantitative estimate of drug-likeness (QED) is 0.720. The summed E-state index contributed by atoms with van der Waals surface area (Å²) < 4.78 is 13.2. The van der Waals surface area contributed by atoms with Gasteiger partial charge in [-0.05, 0) is 41.7 Å². The number of hydrazine groups is 1. The van der Waals surface area contributed by atoms with E-state index in [0.717, 1.165) is 17.5 Å². The Morgan fingerprint density at radius 1 is 1.10 bits per heavy atom. The van der Waals surface area contributed by atoms with Crippen LogP contribution < -0.4 is 10.7 Å². The molecule has 2 heterocycles. The SMILES string of the molecule is CCc1ccc(CNC(=O)CCN2C=CN3NC(c4ccc(F)cc4)CC3C2=O)cc1. The number of rotatable bonds is 7. The molecule has 2 amide bonds. The highest BCUT2D eigenvalue weighted by Crippen LogP contribution is 2.30. The summed E-state index contributed by atoms with van der Waals surface area (Å²) in [5, 5.41) is 4.71. The summed E-state index contributed by atoms with van der Waals surface area (Å²) in [6.07, 6.45) is 5.34. The summed E-state index contributed by atoms with van der Waals surface area (Å²) in [7, 11) is 0. The third kappa shape index (κ3) is 4.94. The Morgan fingerprint density at radius 2 is 1.81 bits per heavy atom. The van der Waals surface area contributed by atoms with Crippen LogP contribution in [0.5, 0.6) is 0 Å². The van der Waals surface area contributed by atoms with E-state index in [1.807, 2.05) is 18.3 Å². The third-order valence-corrected chi connectivity index (χ3v) is 5.85. The van der Waals surface area contributed by atoms with Crippen molar-refractivity contribution in [2.45, 2.75) is 44.8 Å². The van der Waals surface area contributed by atoms with Gasteiger partial charge in [-0.15, -0.1) is 0 Å². The molecule has 162 valence electrons. The Balaban J connectivity index is 1.26. The average Bonchev–Trinajstić information content (AvgIpc) is 3.23. The number of carbonyl (C=O) groups is 2. The first-order chi connectivity index (χ1) is 15.0. The fraction of sp³-hybridized carbons (Fsp3) is 0.333. The van der Waals surface area contributed by atoms with Crippen LogP contribution in [0.3, 0.4) is 0 Å². The minimum Gasteiger partial charge on any atom is -0.352 e. The minimum atomic E-state index is -0.333. The molecule has 0 radical (unpaired) electrons. The first-order valence-corrected chi connectivity index (χ1v) is 10.7. The molecule has 6 nitrogen and oxygen atoms in total. The van der Waals surface area contributed by atoms with Crippen molar-refractivity contribution in [3.05, 3.63) is 83.4 Å². The zero-order chi connectivity index (χ0) is 21.8. The Morgan fingerprint density at radius 3 is 2.52 bits per heavy atom. The highest BCUT2D eigenvalue weighted by molar-refractivity contribution is 5.85. The fourth-order valence-corrected chi connectivity index (χ4v) is 3.94. The number of halogens is 1. The first-order valence-electron chi connectivity index (χ1n) is 10.7. The van der Waals surface area contributed by atoms with E-state index in [0.29, 0.717) is 19.5 Å². The second-order valence-corrected chi connectivity index (χ2v) is 7.92. The minimum absolute atomic E-state index is 0.0393. The van der Waals surface area contributed by atoms with Crippen molar-refractivity contribution in [1.82, 2.24) is 20.7 Å². The van der Waals surface area contributed by atoms with Crippen molar-refractivity contribution in [1.29, 1.82) is 0 Å². The van der Waals surface area contributed by atoms with Crippen LogP contribution in [0.1, 0.15) is 42.5 Å². The van der Waals surface area contributed by atoms with Gasteiger partial charge in [-0.2, -0.15) is 0 Å². The van der Waals surface area contributed by atoms with E-state index in [1.165, 1.54) is 17.7 Å². The van der Waals surface area contributed by atoms with Crippen molar-refractivity contribution >= 4 is 11.8 Å². The summed E-state index contributed by atoms with van der Waals surface area (Å²) in [6.45, 7) is 2.92. The first kappa shape index (κ1) is 21.1. The highest BCUT2D eigenvalue weighted by Gasteiger charge is 2.39. The molecule has 2 unspecified atom stereocenters. The van der Waals surface area contributed by atoms with Crippen LogP contribution in [0.4, 0.5) is 4.39 Å². The molecule has 2 aliphatic rings. The molecule has 2 atom stereocenters. The zero-order valence-corrected chi connectivity index (χ0v) is 17.6. The molecule has 0 aromatic heterocycles. The summed E-state index contributed by atoms with van der Waals surface area (Å²) in [5.41, 5.74) is 6.55. The molecule has 1 fully saturated rings. The zero-order valence-electron chi connectivity index (χ0n) is 17.6. The maximum atomic E-state index is 13.2. The topological polar surface area (TPSA) is 64.7 Å². The molecule has 1 saturated heterocycles. The molecule has 0 bridgehead atoms. The molecule has 0 spiro atoms. The van der Waals surface area contributed by atoms with Crippen LogP contribution in [0.25, 0.3) is 0 Å². The van der Waals surface area contributed by atoms with Crippen molar-refractivity contribution < 1.29 is 14.0 Å². The maximum Gasteiger partial charge on any atom is 0.250 e. The molecular formula is C24H27FN4O2. The van der Waals surface area contributed by atoms with Gasteiger partial charge in [-0.25, -0.2) is 9.82 Å². The highest BCUT2D eigenvalue weighted by atomic mass is 19.1. The predicted octanol–water partition coefficient (Wildman–Crippen LogP) is 3.03. The lowest BCUT2D eigenvalue weighted by Crippen LogP contribution is -2.48. The molecule has 2 N–H and O–H groups in total. The largest absolute Gasteiger partial charge is 0.352 e. The van der Waals surface area contributed by atoms with Gasteiger partial charge in [0.2, 0.25) is 5.91 Å². The number of hydrogen-bond donors (Lipinski definition) is 2.